The number of anilines is 1. The van der Waals surface area contributed by atoms with Gasteiger partial charge in [0, 0.05) is 43.2 Å². The number of pyridine rings is 1. The number of nitrogens with zero attached hydrogens (tertiary/aromatic N) is 4. The molecule has 1 aliphatic rings. The van der Waals surface area contributed by atoms with Crippen molar-refractivity contribution in [3.05, 3.63) is 75.5 Å². The highest BCUT2D eigenvalue weighted by Crippen LogP contribution is 2.38. The van der Waals surface area contributed by atoms with Crippen LogP contribution in [0.5, 0.6) is 5.75 Å². The lowest BCUT2D eigenvalue weighted by Gasteiger charge is -2.22. The predicted molar refractivity (Wildman–Crippen MR) is 150 cm³/mol. The van der Waals surface area contributed by atoms with Crippen molar-refractivity contribution in [2.24, 2.45) is 0 Å². The molecule has 0 fully saturated rings. The van der Waals surface area contributed by atoms with Crippen molar-refractivity contribution in [3.63, 3.8) is 0 Å². The van der Waals surface area contributed by atoms with Crippen molar-refractivity contribution < 1.29 is 19.2 Å². The van der Waals surface area contributed by atoms with E-state index in [2.05, 4.69) is 11.4 Å². The number of methoxy groups -OCH3 is 1. The van der Waals surface area contributed by atoms with Crippen LogP contribution in [-0.4, -0.2) is 54.1 Å². The maximum Gasteiger partial charge on any atom is 0.271 e. The van der Waals surface area contributed by atoms with Gasteiger partial charge in [0.2, 0.25) is 12.3 Å². The number of nitro benzene ring substituents is 1. The number of hydrogen-bond donors (Lipinski definition) is 1. The van der Waals surface area contributed by atoms with E-state index in [9.17, 15) is 25.0 Å². The van der Waals surface area contributed by atoms with E-state index < -0.39 is 4.92 Å². The number of nitro groups is 1. The van der Waals surface area contributed by atoms with E-state index in [-0.39, 0.29) is 17.3 Å². The van der Waals surface area contributed by atoms with Crippen LogP contribution in [0, 0.1) is 21.4 Å². The molecule has 1 N–H and O–H groups in total. The maximum atomic E-state index is 12.6. The molecule has 0 unspecified atom stereocenters. The van der Waals surface area contributed by atoms with Crippen LogP contribution < -0.4 is 10.1 Å². The van der Waals surface area contributed by atoms with E-state index in [4.69, 9.17) is 9.72 Å². The molecule has 2 amide bonds. The highest BCUT2D eigenvalue weighted by Gasteiger charge is 2.24. The second-order valence-electron chi connectivity index (χ2n) is 8.85. The van der Waals surface area contributed by atoms with Crippen LogP contribution in [0.3, 0.4) is 0 Å². The summed E-state index contributed by atoms with van der Waals surface area (Å²) in [6.45, 7) is 0. The fourth-order valence-corrected chi connectivity index (χ4v) is 4.84. The highest BCUT2D eigenvalue weighted by molar-refractivity contribution is 8.00. The molecule has 0 saturated carbocycles. The molecule has 1 heterocycles. The van der Waals surface area contributed by atoms with Gasteiger partial charge in [0.15, 0.2) is 0 Å². The molecule has 0 aliphatic heterocycles. The summed E-state index contributed by atoms with van der Waals surface area (Å²) in [7, 11) is 4.98. The first kappa shape index (κ1) is 29.1. The van der Waals surface area contributed by atoms with E-state index in [1.165, 1.54) is 34.9 Å². The molecule has 1 aliphatic carbocycles. The standard InChI is InChI=1S/C25H22N4O4S.C3H7NO/c1-33-19-11-9-16(10-12-19)24-20-7-2-3-8-22(20)28-25(21(24)14-26)34-15-23(30)27-17-5-4-6-18(13-17)29(31)32;1-4(2)3-5/h4-6,9-13H,2-3,7-8,15H2,1H3,(H,27,30);3H,1-2H3. The number of fused-ring (bicyclic) bond motifs is 1. The Morgan fingerprint density at radius 3 is 2.54 bits per heavy atom. The minimum absolute atomic E-state index is 0.0191. The van der Waals surface area contributed by atoms with Gasteiger partial charge in [-0.25, -0.2) is 4.98 Å². The lowest BCUT2D eigenvalue weighted by Crippen LogP contribution is -2.15. The molecule has 0 spiro atoms. The number of rotatable bonds is 8. The number of hydrogen-bond acceptors (Lipinski definition) is 8. The van der Waals surface area contributed by atoms with Crippen molar-refractivity contribution >= 4 is 35.5 Å². The van der Waals surface area contributed by atoms with Crippen LogP contribution >= 0.6 is 11.8 Å². The Kier molecular flexibility index (Phi) is 10.4. The third-order valence-corrected chi connectivity index (χ3v) is 6.80. The Labute approximate surface area is 231 Å². The molecule has 3 aromatic rings. The van der Waals surface area contributed by atoms with Crippen LogP contribution in [0.4, 0.5) is 11.4 Å². The Morgan fingerprint density at radius 2 is 1.92 bits per heavy atom. The Hall–Kier alpha value is -4.43. The number of aromatic nitrogens is 1. The number of amides is 2. The SMILES string of the molecule is CN(C)C=O.COc1ccc(-c2c(C#N)c(SCC(=O)Nc3cccc([N+](=O)[O-])c3)nc3c2CCCC3)cc1. The molecule has 0 atom stereocenters. The van der Waals surface area contributed by atoms with Gasteiger partial charge in [-0.1, -0.05) is 30.0 Å². The zero-order chi connectivity index (χ0) is 28.4. The number of thioether (sulfide) groups is 1. The number of carbonyl (C=O) groups excluding carboxylic acids is 2. The predicted octanol–water partition coefficient (Wildman–Crippen LogP) is 4.85. The molecule has 39 heavy (non-hydrogen) atoms. The van der Waals surface area contributed by atoms with Crippen LogP contribution in [0.15, 0.2) is 53.6 Å². The summed E-state index contributed by atoms with van der Waals surface area (Å²) in [4.78, 5) is 38.6. The minimum atomic E-state index is -0.513. The second-order valence-corrected chi connectivity index (χ2v) is 9.82. The quantitative estimate of drug-likeness (QED) is 0.183. The van der Waals surface area contributed by atoms with E-state index in [1.54, 1.807) is 27.3 Å². The third-order valence-electron chi connectivity index (χ3n) is 5.82. The third kappa shape index (κ3) is 7.78. The van der Waals surface area contributed by atoms with E-state index >= 15 is 0 Å². The van der Waals surface area contributed by atoms with E-state index in [1.807, 2.05) is 24.3 Å². The summed E-state index contributed by atoms with van der Waals surface area (Å²) in [5.74, 6) is 0.420. The lowest BCUT2D eigenvalue weighted by atomic mass is 9.87. The molecule has 10 nitrogen and oxygen atoms in total. The first-order valence-corrected chi connectivity index (χ1v) is 13.1. The molecule has 0 saturated heterocycles. The first-order chi connectivity index (χ1) is 18.8. The molecule has 11 heteroatoms. The fourth-order valence-electron chi connectivity index (χ4n) is 4.03. The summed E-state index contributed by atoms with van der Waals surface area (Å²) in [6, 6.07) is 15.7. The van der Waals surface area contributed by atoms with Crippen molar-refractivity contribution in [2.45, 2.75) is 30.7 Å². The van der Waals surface area contributed by atoms with Gasteiger partial charge >= 0.3 is 0 Å². The van der Waals surface area contributed by atoms with Gasteiger partial charge < -0.3 is 15.0 Å². The van der Waals surface area contributed by atoms with Crippen molar-refractivity contribution in [1.29, 1.82) is 5.26 Å². The van der Waals surface area contributed by atoms with Gasteiger partial charge in [0.05, 0.1) is 23.3 Å². The minimum Gasteiger partial charge on any atom is -0.497 e. The van der Waals surface area contributed by atoms with Crippen molar-refractivity contribution in [1.82, 2.24) is 9.88 Å². The van der Waals surface area contributed by atoms with E-state index in [0.29, 0.717) is 16.3 Å². The summed E-state index contributed by atoms with van der Waals surface area (Å²) in [5, 5.41) is 24.2. The molecule has 2 aromatic carbocycles. The molecule has 1 aromatic heterocycles. The molecule has 0 radical (unpaired) electrons. The van der Waals surface area contributed by atoms with Gasteiger partial charge in [-0.2, -0.15) is 5.26 Å². The molecular weight excluding hydrogens is 518 g/mol. The second kappa shape index (κ2) is 13.9. The van der Waals surface area contributed by atoms with Gasteiger partial charge in [-0.3, -0.25) is 19.7 Å². The molecule has 0 bridgehead atoms. The largest absolute Gasteiger partial charge is 0.497 e. The summed E-state index contributed by atoms with van der Waals surface area (Å²) >= 11 is 1.19. The number of nitriles is 1. The van der Waals surface area contributed by atoms with Gasteiger partial charge in [-0.15, -0.1) is 0 Å². The molecule has 4 rings (SSSR count). The van der Waals surface area contributed by atoms with Crippen molar-refractivity contribution in [2.75, 3.05) is 32.3 Å². The Balaban J connectivity index is 0.000000771. The first-order valence-electron chi connectivity index (χ1n) is 12.2. The normalized spacial score (nSPS) is 11.6. The number of ether oxygens (including phenoxy) is 1. The van der Waals surface area contributed by atoms with Crippen LogP contribution in [0.1, 0.15) is 29.7 Å². The maximum absolute atomic E-state index is 12.6. The van der Waals surface area contributed by atoms with Crippen LogP contribution in [0.2, 0.25) is 0 Å². The van der Waals surface area contributed by atoms with Crippen molar-refractivity contribution in [3.8, 4) is 22.9 Å². The Morgan fingerprint density at radius 1 is 1.23 bits per heavy atom. The summed E-state index contributed by atoms with van der Waals surface area (Å²) in [5.41, 5.74) is 4.56. The lowest BCUT2D eigenvalue weighted by molar-refractivity contribution is -0.384. The average molecular weight is 548 g/mol. The summed E-state index contributed by atoms with van der Waals surface area (Å²) in [6.07, 6.45) is 4.51. The van der Waals surface area contributed by atoms with E-state index in [0.717, 1.165) is 60.2 Å². The van der Waals surface area contributed by atoms with Crippen LogP contribution in [0.25, 0.3) is 11.1 Å². The fraction of sp³-hybridized carbons (Fsp3) is 0.286. The number of non-ortho nitro benzene ring substituents is 1. The Bertz CT molecular complexity index is 1390. The molecule has 202 valence electrons. The number of benzene rings is 2. The van der Waals surface area contributed by atoms with Gasteiger partial charge in [0.1, 0.15) is 16.8 Å². The highest BCUT2D eigenvalue weighted by atomic mass is 32.2. The number of aryl methyl sites for hydroxylation is 1. The molecular formula is C28H29N5O5S. The topological polar surface area (TPSA) is 138 Å². The smallest absolute Gasteiger partial charge is 0.271 e. The number of carbonyl (C=O) groups is 2. The van der Waals surface area contributed by atoms with Gasteiger partial charge in [0.25, 0.3) is 5.69 Å². The summed E-state index contributed by atoms with van der Waals surface area (Å²) < 4.78 is 5.27. The van der Waals surface area contributed by atoms with Crippen LogP contribution in [-0.2, 0) is 22.4 Å². The monoisotopic (exact) mass is 547 g/mol. The average Bonchev–Trinajstić information content (AvgIpc) is 2.95. The van der Waals surface area contributed by atoms with Gasteiger partial charge in [-0.05, 0) is 55.0 Å². The zero-order valence-electron chi connectivity index (χ0n) is 22.0. The number of nitrogens with one attached hydrogen (secondary N) is 1. The zero-order valence-corrected chi connectivity index (χ0v) is 22.8.